The lowest BCUT2D eigenvalue weighted by atomic mass is 9.89. The van der Waals surface area contributed by atoms with Crippen LogP contribution in [-0.4, -0.2) is 32.1 Å². The zero-order valence-corrected chi connectivity index (χ0v) is 18.6. The highest BCUT2D eigenvalue weighted by molar-refractivity contribution is 6.24. The number of aryl methyl sites for hydroxylation is 1. The highest BCUT2D eigenvalue weighted by Crippen LogP contribution is 2.50. The highest BCUT2D eigenvalue weighted by Gasteiger charge is 2.60. The van der Waals surface area contributed by atoms with Gasteiger partial charge in [0.1, 0.15) is 23.5 Å². The molecule has 3 aromatic carbocycles. The summed E-state index contributed by atoms with van der Waals surface area (Å²) in [5, 5.41) is 1.65. The average molecular weight is 444 g/mol. The molecule has 7 heteroatoms. The average Bonchev–Trinajstić information content (AvgIpc) is 3.36. The number of rotatable bonds is 5. The fourth-order valence-corrected chi connectivity index (χ4v) is 4.55. The van der Waals surface area contributed by atoms with Gasteiger partial charge in [-0.05, 0) is 49.4 Å². The Morgan fingerprint density at radius 1 is 0.818 bits per heavy atom. The van der Waals surface area contributed by atoms with Crippen molar-refractivity contribution in [1.29, 1.82) is 0 Å². The number of amides is 2. The molecule has 0 aliphatic carbocycles. The summed E-state index contributed by atoms with van der Waals surface area (Å²) in [7, 11) is 3.16. The van der Waals surface area contributed by atoms with Crippen molar-refractivity contribution in [2.24, 2.45) is 5.92 Å². The summed E-state index contributed by atoms with van der Waals surface area (Å²) in [6, 6.07) is 21.6. The molecule has 7 nitrogen and oxygen atoms in total. The molecule has 0 radical (unpaired) electrons. The number of nitrogens with zero attached hydrogens (tertiary/aromatic N) is 2. The van der Waals surface area contributed by atoms with E-state index in [0.29, 0.717) is 22.7 Å². The Kier molecular flexibility index (Phi) is 5.26. The first-order valence-electron chi connectivity index (χ1n) is 10.7. The van der Waals surface area contributed by atoms with Crippen LogP contribution >= 0.6 is 0 Å². The molecule has 2 aliphatic rings. The van der Waals surface area contributed by atoms with Gasteiger partial charge < -0.3 is 9.47 Å². The lowest BCUT2D eigenvalue weighted by Crippen LogP contribution is -2.37. The highest BCUT2D eigenvalue weighted by atomic mass is 16.7. The third-order valence-corrected chi connectivity index (χ3v) is 6.17. The summed E-state index contributed by atoms with van der Waals surface area (Å²) in [5.74, 6) is -0.226. The minimum Gasteiger partial charge on any atom is -0.497 e. The van der Waals surface area contributed by atoms with E-state index >= 15 is 0 Å². The van der Waals surface area contributed by atoms with Crippen LogP contribution in [0, 0.1) is 12.8 Å². The molecular formula is C26H24N2O5. The van der Waals surface area contributed by atoms with Crippen molar-refractivity contribution >= 4 is 23.2 Å². The second-order valence-corrected chi connectivity index (χ2v) is 8.11. The Hall–Kier alpha value is -3.84. The van der Waals surface area contributed by atoms with Crippen LogP contribution in [0.25, 0.3) is 0 Å². The first-order valence-corrected chi connectivity index (χ1v) is 10.7. The Bertz CT molecular complexity index is 1200. The molecule has 2 saturated heterocycles. The van der Waals surface area contributed by atoms with Crippen LogP contribution < -0.4 is 19.4 Å². The molecular weight excluding hydrogens is 420 g/mol. The third kappa shape index (κ3) is 3.41. The molecule has 168 valence electrons. The summed E-state index contributed by atoms with van der Waals surface area (Å²) >= 11 is 0. The van der Waals surface area contributed by atoms with Gasteiger partial charge in [-0.3, -0.25) is 14.4 Å². The summed E-state index contributed by atoms with van der Waals surface area (Å²) in [5.41, 5.74) is 3.03. The molecule has 3 aromatic rings. The topological polar surface area (TPSA) is 68.3 Å². The molecule has 0 N–H and O–H groups in total. The molecule has 0 aromatic heterocycles. The van der Waals surface area contributed by atoms with Gasteiger partial charge in [-0.1, -0.05) is 35.9 Å². The normalized spacial score (nSPS) is 22.0. The van der Waals surface area contributed by atoms with E-state index in [1.165, 1.54) is 4.90 Å². The molecule has 0 unspecified atom stereocenters. The quantitative estimate of drug-likeness (QED) is 0.553. The van der Waals surface area contributed by atoms with Crippen molar-refractivity contribution in [1.82, 2.24) is 0 Å². The van der Waals surface area contributed by atoms with Crippen molar-refractivity contribution in [3.8, 4) is 11.5 Å². The predicted molar refractivity (Wildman–Crippen MR) is 123 cm³/mol. The van der Waals surface area contributed by atoms with Crippen molar-refractivity contribution in [2.75, 3.05) is 24.2 Å². The van der Waals surface area contributed by atoms with E-state index in [1.54, 1.807) is 43.5 Å². The molecule has 33 heavy (non-hydrogen) atoms. The minimum absolute atomic E-state index is 0.304. The van der Waals surface area contributed by atoms with Crippen molar-refractivity contribution in [3.05, 3.63) is 83.9 Å². The van der Waals surface area contributed by atoms with E-state index in [4.69, 9.17) is 14.3 Å². The summed E-state index contributed by atoms with van der Waals surface area (Å²) in [4.78, 5) is 34.6. The number of para-hydroxylation sites is 1. The number of hydrogen-bond acceptors (Lipinski definition) is 6. The maximum absolute atomic E-state index is 13.7. The van der Waals surface area contributed by atoms with E-state index < -0.39 is 18.1 Å². The standard InChI is InChI=1S/C26H24N2O5/c1-16-9-11-17(12-10-16)27-25(29)22-23(20-15-19(31-2)13-14-21(20)32-3)28(33-24(22)26(27)30)18-7-5-4-6-8-18/h4-15,22-24H,1-3H3/t22-,23-,24+/m1/s1. The lowest BCUT2D eigenvalue weighted by Gasteiger charge is -2.29. The molecule has 2 amide bonds. The zero-order valence-electron chi connectivity index (χ0n) is 18.6. The number of methoxy groups -OCH3 is 2. The second kappa shape index (κ2) is 8.26. The van der Waals surface area contributed by atoms with Crippen molar-refractivity contribution in [2.45, 2.75) is 19.1 Å². The van der Waals surface area contributed by atoms with Gasteiger partial charge in [0.05, 0.1) is 25.6 Å². The fraction of sp³-hybridized carbons (Fsp3) is 0.231. The van der Waals surface area contributed by atoms with E-state index in [-0.39, 0.29) is 11.8 Å². The Labute approximate surface area is 192 Å². The first kappa shape index (κ1) is 21.0. The fourth-order valence-electron chi connectivity index (χ4n) is 4.55. The molecule has 2 heterocycles. The molecule has 0 bridgehead atoms. The van der Waals surface area contributed by atoms with Crippen LogP contribution in [0.1, 0.15) is 17.2 Å². The van der Waals surface area contributed by atoms with Crippen LogP contribution in [0.2, 0.25) is 0 Å². The molecule has 0 saturated carbocycles. The van der Waals surface area contributed by atoms with Gasteiger partial charge >= 0.3 is 0 Å². The van der Waals surface area contributed by atoms with Gasteiger partial charge in [0.25, 0.3) is 5.91 Å². The predicted octanol–water partition coefficient (Wildman–Crippen LogP) is 4.06. The maximum Gasteiger partial charge on any atom is 0.266 e. The van der Waals surface area contributed by atoms with Gasteiger partial charge in [0.15, 0.2) is 6.10 Å². The number of anilines is 2. The third-order valence-electron chi connectivity index (χ3n) is 6.17. The number of benzene rings is 3. The molecule has 2 aliphatic heterocycles. The van der Waals surface area contributed by atoms with Gasteiger partial charge in [-0.15, -0.1) is 0 Å². The van der Waals surface area contributed by atoms with E-state index in [2.05, 4.69) is 0 Å². The number of ether oxygens (including phenoxy) is 2. The van der Waals surface area contributed by atoms with E-state index in [0.717, 1.165) is 11.3 Å². The van der Waals surface area contributed by atoms with Crippen LogP contribution in [-0.2, 0) is 14.4 Å². The largest absolute Gasteiger partial charge is 0.497 e. The number of carbonyl (C=O) groups is 2. The zero-order chi connectivity index (χ0) is 23.1. The molecule has 5 rings (SSSR count). The lowest BCUT2D eigenvalue weighted by molar-refractivity contribution is -0.126. The van der Waals surface area contributed by atoms with Crippen molar-refractivity contribution in [3.63, 3.8) is 0 Å². The molecule has 0 spiro atoms. The number of imide groups is 1. The summed E-state index contributed by atoms with van der Waals surface area (Å²) < 4.78 is 11.1. The first-order chi connectivity index (χ1) is 16.0. The molecule has 3 atom stereocenters. The Morgan fingerprint density at radius 3 is 2.21 bits per heavy atom. The van der Waals surface area contributed by atoms with Crippen molar-refractivity contribution < 1.29 is 23.9 Å². The number of hydrogen-bond donors (Lipinski definition) is 0. The monoisotopic (exact) mass is 444 g/mol. The summed E-state index contributed by atoms with van der Waals surface area (Å²) in [6.07, 6.45) is -0.945. The van der Waals surface area contributed by atoms with Gasteiger partial charge in [-0.25, -0.2) is 9.96 Å². The number of hydroxylamine groups is 1. The van der Waals surface area contributed by atoms with Gasteiger partial charge in [-0.2, -0.15) is 0 Å². The van der Waals surface area contributed by atoms with Crippen LogP contribution in [0.15, 0.2) is 72.8 Å². The smallest absolute Gasteiger partial charge is 0.266 e. The van der Waals surface area contributed by atoms with Gasteiger partial charge in [0, 0.05) is 5.56 Å². The number of carbonyl (C=O) groups excluding carboxylic acids is 2. The van der Waals surface area contributed by atoms with E-state index in [1.807, 2.05) is 55.5 Å². The summed E-state index contributed by atoms with van der Waals surface area (Å²) in [6.45, 7) is 1.96. The maximum atomic E-state index is 13.7. The Balaban J connectivity index is 1.63. The second-order valence-electron chi connectivity index (χ2n) is 8.11. The SMILES string of the molecule is COc1ccc(OC)c([C@@H]2[C@H]3C(=O)N(c4ccc(C)cc4)C(=O)[C@H]3ON2c2ccccc2)c1. The van der Waals surface area contributed by atoms with Crippen LogP contribution in [0.3, 0.4) is 0 Å². The van der Waals surface area contributed by atoms with Gasteiger partial charge in [0.2, 0.25) is 5.91 Å². The van der Waals surface area contributed by atoms with Crippen LogP contribution in [0.4, 0.5) is 11.4 Å². The number of fused-ring (bicyclic) bond motifs is 1. The van der Waals surface area contributed by atoms with E-state index in [9.17, 15) is 9.59 Å². The minimum atomic E-state index is -0.945. The Morgan fingerprint density at radius 2 is 1.55 bits per heavy atom. The molecule has 2 fully saturated rings. The van der Waals surface area contributed by atoms with Crippen LogP contribution in [0.5, 0.6) is 11.5 Å².